The smallest absolute Gasteiger partial charge is 0.222 e. The van der Waals surface area contributed by atoms with Crippen LogP contribution in [0, 0.1) is 5.92 Å². The summed E-state index contributed by atoms with van der Waals surface area (Å²) in [6.07, 6.45) is 3.79. The van der Waals surface area contributed by atoms with E-state index in [1.54, 1.807) is 0 Å². The van der Waals surface area contributed by atoms with Gasteiger partial charge in [-0.25, -0.2) is 0 Å². The van der Waals surface area contributed by atoms with Crippen LogP contribution in [0.15, 0.2) is 0 Å². The van der Waals surface area contributed by atoms with E-state index in [4.69, 9.17) is 4.74 Å². The van der Waals surface area contributed by atoms with Crippen LogP contribution in [0.4, 0.5) is 0 Å². The zero-order chi connectivity index (χ0) is 11.1. The first-order chi connectivity index (χ1) is 7.27. The van der Waals surface area contributed by atoms with E-state index in [0.29, 0.717) is 18.2 Å². The van der Waals surface area contributed by atoms with Crippen molar-refractivity contribution in [1.29, 1.82) is 0 Å². The van der Waals surface area contributed by atoms with E-state index in [2.05, 4.69) is 13.8 Å². The van der Waals surface area contributed by atoms with Crippen LogP contribution in [0.5, 0.6) is 0 Å². The molecule has 1 atom stereocenters. The van der Waals surface area contributed by atoms with E-state index in [-0.39, 0.29) is 0 Å². The van der Waals surface area contributed by atoms with Crippen molar-refractivity contribution in [3.63, 3.8) is 0 Å². The van der Waals surface area contributed by atoms with Crippen LogP contribution >= 0.6 is 0 Å². The van der Waals surface area contributed by atoms with Gasteiger partial charge in [-0.2, -0.15) is 0 Å². The van der Waals surface area contributed by atoms with Crippen LogP contribution in [0.3, 0.4) is 0 Å². The Hall–Kier alpha value is -0.570. The molecule has 0 spiro atoms. The highest BCUT2D eigenvalue weighted by Gasteiger charge is 2.21. The number of amides is 1. The highest BCUT2D eigenvalue weighted by molar-refractivity contribution is 5.76. The third kappa shape index (κ3) is 4.20. The topological polar surface area (TPSA) is 29.5 Å². The summed E-state index contributed by atoms with van der Waals surface area (Å²) in [5, 5.41) is 0. The number of rotatable bonds is 6. The van der Waals surface area contributed by atoms with Gasteiger partial charge in [0, 0.05) is 32.0 Å². The van der Waals surface area contributed by atoms with Crippen molar-refractivity contribution in [2.75, 3.05) is 26.3 Å². The lowest BCUT2D eigenvalue weighted by Gasteiger charge is -2.24. The molecule has 3 heteroatoms. The summed E-state index contributed by atoms with van der Waals surface area (Å²) in [4.78, 5) is 13.8. The molecule has 0 aromatic rings. The summed E-state index contributed by atoms with van der Waals surface area (Å²) in [5.41, 5.74) is 0. The molecular formula is C12H23NO2. The summed E-state index contributed by atoms with van der Waals surface area (Å²) in [6.45, 7) is 7.67. The van der Waals surface area contributed by atoms with Gasteiger partial charge in [0.1, 0.15) is 0 Å². The Labute approximate surface area is 92.8 Å². The molecule has 1 aliphatic rings. The number of carbonyl (C=O) groups is 1. The molecule has 1 saturated heterocycles. The molecule has 1 fully saturated rings. The highest BCUT2D eigenvalue weighted by Crippen LogP contribution is 2.15. The Morgan fingerprint density at radius 1 is 1.40 bits per heavy atom. The molecule has 1 rings (SSSR count). The fourth-order valence-electron chi connectivity index (χ4n) is 2.00. The van der Waals surface area contributed by atoms with Crippen molar-refractivity contribution in [3.8, 4) is 0 Å². The fraction of sp³-hybridized carbons (Fsp3) is 0.917. The summed E-state index contributed by atoms with van der Waals surface area (Å²) in [7, 11) is 0. The maximum atomic E-state index is 11.8. The molecule has 0 bridgehead atoms. The van der Waals surface area contributed by atoms with Gasteiger partial charge in [-0.05, 0) is 19.3 Å². The van der Waals surface area contributed by atoms with Crippen molar-refractivity contribution in [2.24, 2.45) is 5.92 Å². The zero-order valence-corrected chi connectivity index (χ0v) is 10.00. The van der Waals surface area contributed by atoms with Gasteiger partial charge in [0.2, 0.25) is 5.91 Å². The Bertz CT molecular complexity index is 188. The summed E-state index contributed by atoms with van der Waals surface area (Å²) in [6, 6.07) is 0. The molecule has 3 nitrogen and oxygen atoms in total. The molecule has 1 unspecified atom stereocenters. The standard InChI is InChI=1S/C12H23NO2/c1-3-5-12(14)13(7-4-2)9-11-6-8-15-10-11/h11H,3-10H2,1-2H3. The van der Waals surface area contributed by atoms with Gasteiger partial charge < -0.3 is 9.64 Å². The molecule has 0 radical (unpaired) electrons. The fourth-order valence-corrected chi connectivity index (χ4v) is 2.00. The lowest BCUT2D eigenvalue weighted by Crippen LogP contribution is -2.36. The third-order valence-corrected chi connectivity index (χ3v) is 2.81. The van der Waals surface area contributed by atoms with E-state index in [9.17, 15) is 4.79 Å². The maximum absolute atomic E-state index is 11.8. The van der Waals surface area contributed by atoms with E-state index >= 15 is 0 Å². The summed E-state index contributed by atoms with van der Waals surface area (Å²) in [5.74, 6) is 0.878. The van der Waals surface area contributed by atoms with Crippen LogP contribution < -0.4 is 0 Å². The lowest BCUT2D eigenvalue weighted by atomic mass is 10.1. The van der Waals surface area contributed by atoms with Crippen molar-refractivity contribution < 1.29 is 9.53 Å². The van der Waals surface area contributed by atoms with Crippen LogP contribution in [0.2, 0.25) is 0 Å². The molecule has 0 aromatic carbocycles. The van der Waals surface area contributed by atoms with Gasteiger partial charge in [-0.3, -0.25) is 4.79 Å². The van der Waals surface area contributed by atoms with Gasteiger partial charge >= 0.3 is 0 Å². The minimum absolute atomic E-state index is 0.311. The number of hydrogen-bond donors (Lipinski definition) is 0. The van der Waals surface area contributed by atoms with Crippen molar-refractivity contribution in [1.82, 2.24) is 4.90 Å². The Balaban J connectivity index is 2.37. The molecule has 1 aliphatic heterocycles. The first kappa shape index (κ1) is 12.5. The average molecular weight is 213 g/mol. The van der Waals surface area contributed by atoms with Gasteiger partial charge in [-0.1, -0.05) is 13.8 Å². The van der Waals surface area contributed by atoms with E-state index in [1.165, 1.54) is 0 Å². The van der Waals surface area contributed by atoms with E-state index < -0.39 is 0 Å². The first-order valence-electron chi connectivity index (χ1n) is 6.13. The number of nitrogens with zero attached hydrogens (tertiary/aromatic N) is 1. The van der Waals surface area contributed by atoms with E-state index in [1.807, 2.05) is 4.90 Å². The van der Waals surface area contributed by atoms with Crippen molar-refractivity contribution in [2.45, 2.75) is 39.5 Å². The molecule has 1 amide bonds. The molecule has 1 heterocycles. The quantitative estimate of drug-likeness (QED) is 0.676. The zero-order valence-electron chi connectivity index (χ0n) is 10.00. The Kier molecular flexibility index (Phi) is 5.69. The second-order valence-corrected chi connectivity index (χ2v) is 4.32. The third-order valence-electron chi connectivity index (χ3n) is 2.81. The van der Waals surface area contributed by atoms with Gasteiger partial charge in [0.05, 0.1) is 6.61 Å². The molecule has 15 heavy (non-hydrogen) atoms. The second-order valence-electron chi connectivity index (χ2n) is 4.32. The number of carbonyl (C=O) groups excluding carboxylic acids is 1. The summed E-state index contributed by atoms with van der Waals surface area (Å²) < 4.78 is 5.34. The predicted octanol–water partition coefficient (Wildman–Crippen LogP) is 2.06. The SMILES string of the molecule is CCCC(=O)N(CCC)CC1CCOC1. The van der Waals surface area contributed by atoms with Crippen molar-refractivity contribution >= 4 is 5.91 Å². The predicted molar refractivity (Wildman–Crippen MR) is 60.7 cm³/mol. The van der Waals surface area contributed by atoms with Crippen LogP contribution in [0.1, 0.15) is 39.5 Å². The normalized spacial score (nSPS) is 20.5. The highest BCUT2D eigenvalue weighted by atomic mass is 16.5. The maximum Gasteiger partial charge on any atom is 0.222 e. The van der Waals surface area contributed by atoms with E-state index in [0.717, 1.165) is 45.6 Å². The molecular weight excluding hydrogens is 190 g/mol. The number of ether oxygens (including phenoxy) is 1. The molecule has 0 N–H and O–H groups in total. The second kappa shape index (κ2) is 6.83. The van der Waals surface area contributed by atoms with Gasteiger partial charge in [-0.15, -0.1) is 0 Å². The molecule has 0 aliphatic carbocycles. The van der Waals surface area contributed by atoms with Crippen LogP contribution in [-0.4, -0.2) is 37.1 Å². The largest absolute Gasteiger partial charge is 0.381 e. The van der Waals surface area contributed by atoms with Crippen LogP contribution in [0.25, 0.3) is 0 Å². The Morgan fingerprint density at radius 2 is 2.20 bits per heavy atom. The molecule has 88 valence electrons. The van der Waals surface area contributed by atoms with Gasteiger partial charge in [0.15, 0.2) is 0 Å². The average Bonchev–Trinajstić information content (AvgIpc) is 2.70. The minimum atomic E-state index is 0.311. The number of hydrogen-bond acceptors (Lipinski definition) is 2. The van der Waals surface area contributed by atoms with Crippen molar-refractivity contribution in [3.05, 3.63) is 0 Å². The Morgan fingerprint density at radius 3 is 2.73 bits per heavy atom. The monoisotopic (exact) mass is 213 g/mol. The van der Waals surface area contributed by atoms with Crippen LogP contribution in [-0.2, 0) is 9.53 Å². The lowest BCUT2D eigenvalue weighted by molar-refractivity contribution is -0.131. The minimum Gasteiger partial charge on any atom is -0.381 e. The van der Waals surface area contributed by atoms with Gasteiger partial charge in [0.25, 0.3) is 0 Å². The molecule has 0 saturated carbocycles. The first-order valence-corrected chi connectivity index (χ1v) is 6.13. The summed E-state index contributed by atoms with van der Waals surface area (Å²) >= 11 is 0. The molecule has 0 aromatic heterocycles.